The van der Waals surface area contributed by atoms with Crippen LogP contribution >= 0.6 is 0 Å². The van der Waals surface area contributed by atoms with E-state index in [2.05, 4.69) is 21.1 Å². The minimum Gasteiger partial charge on any atom is -0.0803 e. The molecule has 2 heteroatoms. The van der Waals surface area contributed by atoms with Crippen molar-refractivity contribution >= 4 is 15.7 Å². The number of unbranched alkanes of at least 4 members (excludes halogenated alkanes) is 2. The van der Waals surface area contributed by atoms with E-state index in [4.69, 9.17) is 0 Å². The molecule has 0 aromatic heterocycles. The highest BCUT2D eigenvalue weighted by Crippen LogP contribution is 1.99. The molecule has 0 aliphatic rings. The Morgan fingerprint density at radius 3 is 1.60 bits per heavy atom. The lowest BCUT2D eigenvalue weighted by atomic mass is 9.68. The van der Waals surface area contributed by atoms with Crippen LogP contribution in [0.3, 0.4) is 0 Å². The third-order valence-electron chi connectivity index (χ3n) is 1.52. The number of hydrogen-bond donors (Lipinski definition) is 0. The summed E-state index contributed by atoms with van der Waals surface area (Å²) in [7, 11) is 2.42. The van der Waals surface area contributed by atoms with Crippen LogP contribution in [0.4, 0.5) is 0 Å². The minimum absolute atomic E-state index is 0. The van der Waals surface area contributed by atoms with Gasteiger partial charge in [-0.25, -0.2) is 0 Å². The van der Waals surface area contributed by atoms with Gasteiger partial charge in [0.2, 0.25) is 0 Å². The first-order valence-corrected chi connectivity index (χ1v) is 4.23. The summed E-state index contributed by atoms with van der Waals surface area (Å²) < 4.78 is 0. The zero-order chi connectivity index (χ0) is 6.95. The molecular weight excluding hydrogens is 118 g/mol. The van der Waals surface area contributed by atoms with E-state index in [-0.39, 0.29) is 8.41 Å². The summed E-state index contributed by atoms with van der Waals surface area (Å²) in [6.45, 7) is 4.49. The summed E-state index contributed by atoms with van der Waals surface area (Å²) >= 11 is 0. The van der Waals surface area contributed by atoms with Gasteiger partial charge in [0.25, 0.3) is 0 Å². The summed E-state index contributed by atoms with van der Waals surface area (Å²) in [5.41, 5.74) is 0. The molecule has 0 saturated carbocycles. The van der Waals surface area contributed by atoms with E-state index in [1.807, 2.05) is 0 Å². The van der Waals surface area contributed by atoms with Crippen LogP contribution in [-0.2, 0) is 0 Å². The van der Waals surface area contributed by atoms with Crippen LogP contribution in [0.2, 0.25) is 12.6 Å². The lowest BCUT2D eigenvalue weighted by Crippen LogP contribution is -1.87. The summed E-state index contributed by atoms with van der Waals surface area (Å²) in [5.74, 6) is 0. The molecule has 10 heavy (non-hydrogen) atoms. The Bertz CT molecular complexity index is 40.5. The minimum atomic E-state index is 0. The van der Waals surface area contributed by atoms with Crippen molar-refractivity contribution in [3.8, 4) is 0 Å². The SMILES string of the molecule is CCCC[B]CCCC.[B]. The molecule has 0 amide bonds. The molecule has 0 rings (SSSR count). The predicted molar refractivity (Wildman–Crippen MR) is 50.9 cm³/mol. The molecule has 0 unspecified atom stereocenters. The quantitative estimate of drug-likeness (QED) is 0.388. The summed E-state index contributed by atoms with van der Waals surface area (Å²) in [5, 5.41) is 0. The Labute approximate surface area is 68.6 Å². The highest BCUT2D eigenvalue weighted by molar-refractivity contribution is 6.35. The molecule has 0 nitrogen and oxygen atoms in total. The van der Waals surface area contributed by atoms with Crippen molar-refractivity contribution in [3.05, 3.63) is 0 Å². The van der Waals surface area contributed by atoms with Gasteiger partial charge in [0, 0.05) is 8.41 Å². The Morgan fingerprint density at radius 1 is 0.900 bits per heavy atom. The number of hydrogen-bond acceptors (Lipinski definition) is 0. The molecule has 0 aromatic carbocycles. The van der Waals surface area contributed by atoms with Crippen LogP contribution in [0.25, 0.3) is 0 Å². The molecule has 0 saturated heterocycles. The van der Waals surface area contributed by atoms with Crippen LogP contribution in [0, 0.1) is 0 Å². The fourth-order valence-electron chi connectivity index (χ4n) is 0.841. The van der Waals surface area contributed by atoms with E-state index >= 15 is 0 Å². The molecule has 0 aromatic rings. The molecule has 0 bridgehead atoms. The first-order chi connectivity index (χ1) is 4.41. The van der Waals surface area contributed by atoms with Crippen LogP contribution in [0.15, 0.2) is 0 Å². The fourth-order valence-corrected chi connectivity index (χ4v) is 0.841. The molecule has 0 atom stereocenters. The van der Waals surface area contributed by atoms with E-state index in [0.717, 1.165) is 0 Å². The Hall–Kier alpha value is 0.130. The first-order valence-electron chi connectivity index (χ1n) is 4.23. The van der Waals surface area contributed by atoms with Gasteiger partial charge in [-0.1, -0.05) is 52.2 Å². The van der Waals surface area contributed by atoms with Crippen LogP contribution < -0.4 is 0 Å². The van der Waals surface area contributed by atoms with Crippen LogP contribution in [-0.4, -0.2) is 15.7 Å². The highest BCUT2D eigenvalue weighted by atomic mass is 13.8. The third-order valence-corrected chi connectivity index (χ3v) is 1.52. The fraction of sp³-hybridized carbons (Fsp3) is 1.00. The molecular formula is C8H18B2. The molecule has 0 spiro atoms. The van der Waals surface area contributed by atoms with Crippen LogP contribution in [0.5, 0.6) is 0 Å². The Morgan fingerprint density at radius 2 is 1.30 bits per heavy atom. The molecule has 0 heterocycles. The smallest absolute Gasteiger partial charge is 0.0803 e. The first kappa shape index (κ1) is 12.8. The van der Waals surface area contributed by atoms with Crippen molar-refractivity contribution in [2.24, 2.45) is 0 Å². The molecule has 56 valence electrons. The summed E-state index contributed by atoms with van der Waals surface area (Å²) in [6.07, 6.45) is 8.09. The zero-order valence-electron chi connectivity index (χ0n) is 7.40. The lowest BCUT2D eigenvalue weighted by Gasteiger charge is -1.94. The van der Waals surface area contributed by atoms with Crippen LogP contribution in [0.1, 0.15) is 39.5 Å². The van der Waals surface area contributed by atoms with Gasteiger partial charge >= 0.3 is 0 Å². The molecule has 0 fully saturated rings. The van der Waals surface area contributed by atoms with E-state index in [0.29, 0.717) is 0 Å². The monoisotopic (exact) mass is 136 g/mol. The molecule has 0 N–H and O–H groups in total. The van der Waals surface area contributed by atoms with Gasteiger partial charge in [-0.2, -0.15) is 0 Å². The Balaban J connectivity index is 0. The zero-order valence-corrected chi connectivity index (χ0v) is 7.40. The molecule has 4 radical (unpaired) electrons. The second-order valence-corrected chi connectivity index (χ2v) is 2.57. The number of rotatable bonds is 6. The summed E-state index contributed by atoms with van der Waals surface area (Å²) in [4.78, 5) is 0. The largest absolute Gasteiger partial charge is 0.109 e. The third kappa shape index (κ3) is 11.0. The standard InChI is InChI=1S/C8H18B.B/c1-3-5-7-9-8-6-4-2;/h3-8H2,1-2H3;. The normalized spacial score (nSPS) is 8.60. The van der Waals surface area contributed by atoms with E-state index in [1.54, 1.807) is 0 Å². The molecule has 0 aliphatic carbocycles. The van der Waals surface area contributed by atoms with Gasteiger partial charge in [-0.05, 0) is 0 Å². The second-order valence-electron chi connectivity index (χ2n) is 2.57. The van der Waals surface area contributed by atoms with Crippen molar-refractivity contribution in [3.63, 3.8) is 0 Å². The van der Waals surface area contributed by atoms with E-state index in [9.17, 15) is 0 Å². The van der Waals surface area contributed by atoms with Gasteiger partial charge in [0.1, 0.15) is 7.28 Å². The van der Waals surface area contributed by atoms with Crippen molar-refractivity contribution in [2.45, 2.75) is 52.2 Å². The van der Waals surface area contributed by atoms with Gasteiger partial charge in [-0.15, -0.1) is 0 Å². The predicted octanol–water partition coefficient (Wildman–Crippen LogP) is 2.75. The highest BCUT2D eigenvalue weighted by Gasteiger charge is 1.88. The second kappa shape index (κ2) is 11.9. The maximum absolute atomic E-state index is 2.42. The van der Waals surface area contributed by atoms with Gasteiger partial charge < -0.3 is 0 Å². The van der Waals surface area contributed by atoms with Crippen molar-refractivity contribution in [1.29, 1.82) is 0 Å². The van der Waals surface area contributed by atoms with Gasteiger partial charge in [0.15, 0.2) is 0 Å². The summed E-state index contributed by atoms with van der Waals surface area (Å²) in [6, 6.07) is 0. The van der Waals surface area contributed by atoms with Gasteiger partial charge in [-0.3, -0.25) is 0 Å². The molecule has 0 aliphatic heterocycles. The maximum atomic E-state index is 2.42. The lowest BCUT2D eigenvalue weighted by molar-refractivity contribution is 0.851. The van der Waals surface area contributed by atoms with Crippen molar-refractivity contribution in [1.82, 2.24) is 0 Å². The average Bonchev–Trinajstić information content (AvgIpc) is 1.89. The van der Waals surface area contributed by atoms with E-state index in [1.165, 1.54) is 38.3 Å². The Kier molecular flexibility index (Phi) is 15.2. The van der Waals surface area contributed by atoms with Gasteiger partial charge in [0.05, 0.1) is 0 Å². The topological polar surface area (TPSA) is 0 Å². The van der Waals surface area contributed by atoms with Crippen molar-refractivity contribution < 1.29 is 0 Å². The van der Waals surface area contributed by atoms with Crippen molar-refractivity contribution in [2.75, 3.05) is 0 Å². The van der Waals surface area contributed by atoms with E-state index < -0.39 is 0 Å². The maximum Gasteiger partial charge on any atom is 0.109 e. The average molecular weight is 136 g/mol.